The number of amides is 7. The Kier molecular flexibility index (Phi) is 51.9. The molecule has 0 bridgehead atoms. The largest absolute Gasteiger partial charge is 0.416 e. The van der Waals surface area contributed by atoms with Crippen molar-refractivity contribution in [2.24, 2.45) is 23.5 Å². The summed E-state index contributed by atoms with van der Waals surface area (Å²) in [5.74, 6) is 0.327. The molecule has 7 aromatic carbocycles. The second-order valence-corrected chi connectivity index (χ2v) is 58.8. The average Bonchev–Trinajstić information content (AvgIpc) is 1.77. The topological polar surface area (TPSA) is 323 Å². The molecule has 0 unspecified atom stereocenters. The Morgan fingerprint density at radius 3 is 1.04 bits per heavy atom. The monoisotopic (exact) mass is 2170 g/mol. The summed E-state index contributed by atoms with van der Waals surface area (Å²) in [7, 11) is -4.98. The Morgan fingerprint density at radius 2 is 0.711 bits per heavy atom. The first kappa shape index (κ1) is 123. The van der Waals surface area contributed by atoms with Gasteiger partial charge in [-0.25, -0.2) is 22.8 Å². The van der Waals surface area contributed by atoms with Gasteiger partial charge in [0.2, 0.25) is 17.7 Å². The summed E-state index contributed by atoms with van der Waals surface area (Å²) in [6.45, 7) is 48.4. The van der Waals surface area contributed by atoms with Crippen molar-refractivity contribution >= 4 is 114 Å². The molecular formula is C116H172BrF3N14O12Si3. The van der Waals surface area contributed by atoms with Crippen LogP contribution in [-0.4, -0.2) is 256 Å². The maximum absolute atomic E-state index is 13.8. The summed E-state index contributed by atoms with van der Waals surface area (Å²) >= 11 is 3.37. The molecule has 0 radical (unpaired) electrons. The highest BCUT2D eigenvalue weighted by molar-refractivity contribution is 9.09. The number of urea groups is 2. The number of aromatic amines is 4. The number of fused-ring (bicyclic) bond motifs is 4. The van der Waals surface area contributed by atoms with Gasteiger partial charge in [-0.3, -0.25) is 14.4 Å². The molecule has 3 aliphatic heterocycles. The number of nitrogens with one attached hydrogen (secondary N) is 9. The molecule has 0 saturated carbocycles. The van der Waals surface area contributed by atoms with Crippen LogP contribution >= 0.6 is 15.9 Å². The minimum Gasteiger partial charge on any atom is -0.416 e. The van der Waals surface area contributed by atoms with E-state index in [9.17, 15) is 42.3 Å². The highest BCUT2D eigenvalue weighted by Gasteiger charge is 2.40. The van der Waals surface area contributed by atoms with Crippen molar-refractivity contribution in [1.29, 1.82) is 0 Å². The number of hydrogen-bond acceptors (Lipinski definition) is 15. The predicted octanol–water partition coefficient (Wildman–Crippen LogP) is 21.7. The Morgan fingerprint density at radius 1 is 0.403 bits per heavy atom. The first-order valence-electron chi connectivity index (χ1n) is 53.5. The number of hydrogen-bond donors (Lipinski definition) is 11. The number of carbonyl (C=O) groups is 5. The van der Waals surface area contributed by atoms with E-state index in [0.29, 0.717) is 115 Å². The van der Waals surface area contributed by atoms with Crippen LogP contribution in [0.4, 0.5) is 22.8 Å². The van der Waals surface area contributed by atoms with Crippen molar-refractivity contribution in [1.82, 2.24) is 66.1 Å². The van der Waals surface area contributed by atoms with Crippen molar-refractivity contribution in [3.05, 3.63) is 251 Å². The first-order chi connectivity index (χ1) is 71.2. The maximum atomic E-state index is 13.8. The number of alkyl halides is 1. The van der Waals surface area contributed by atoms with Crippen molar-refractivity contribution in [3.63, 3.8) is 0 Å². The van der Waals surface area contributed by atoms with Gasteiger partial charge in [0.05, 0.1) is 33.0 Å². The molecule has 33 heteroatoms. The third kappa shape index (κ3) is 42.6. The molecule has 12 N–H and O–H groups in total. The number of rotatable bonds is 45. The van der Waals surface area contributed by atoms with Crippen LogP contribution in [-0.2, 0) is 87.4 Å². The average molecular weight is 2180 g/mol. The molecule has 14 rings (SSSR count). The van der Waals surface area contributed by atoms with Gasteiger partial charge in [0.25, 0.3) is 0 Å². The van der Waals surface area contributed by atoms with Crippen molar-refractivity contribution in [2.45, 2.75) is 220 Å². The number of para-hydroxylation sites is 4. The fourth-order valence-electron chi connectivity index (χ4n) is 17.2. The molecular weight excluding hydrogens is 2000 g/mol. The smallest absolute Gasteiger partial charge is 0.320 e. The number of likely N-dealkylation sites (tertiary alicyclic amines) is 2. The summed E-state index contributed by atoms with van der Waals surface area (Å²) in [4.78, 5) is 83.6. The lowest BCUT2D eigenvalue weighted by Gasteiger charge is -2.38. The van der Waals surface area contributed by atoms with E-state index in [0.717, 1.165) is 154 Å². The third-order valence-electron chi connectivity index (χ3n) is 29.5. The number of carbonyl (C=O) groups excluding carboxylic acids is 5. The van der Waals surface area contributed by atoms with Crippen LogP contribution in [0.2, 0.25) is 54.4 Å². The van der Waals surface area contributed by atoms with Gasteiger partial charge in [-0.05, 0) is 281 Å². The van der Waals surface area contributed by atoms with Crippen LogP contribution in [0.1, 0.15) is 159 Å². The molecule has 818 valence electrons. The Balaban J connectivity index is 0.000000212. The number of nitrogens with two attached hydrogens (primary N) is 1. The van der Waals surface area contributed by atoms with Gasteiger partial charge < -0.3 is 104 Å². The molecule has 3 aliphatic rings. The van der Waals surface area contributed by atoms with Gasteiger partial charge in [-0.15, -0.1) is 0 Å². The van der Waals surface area contributed by atoms with Gasteiger partial charge in [0.1, 0.15) is 37.3 Å². The summed E-state index contributed by atoms with van der Waals surface area (Å²) in [5, 5.41) is 31.8. The van der Waals surface area contributed by atoms with Crippen molar-refractivity contribution < 1.29 is 69.7 Å². The molecule has 0 spiro atoms. The number of nitrogens with zero attached hydrogens (tertiary/aromatic N) is 4. The van der Waals surface area contributed by atoms with Crippen LogP contribution in [0.5, 0.6) is 0 Å². The quantitative estimate of drug-likeness (QED) is 0.00960. The van der Waals surface area contributed by atoms with Gasteiger partial charge in [0.15, 0.2) is 25.0 Å². The number of benzene rings is 7. The first-order valence-corrected chi connectivity index (χ1v) is 63.3. The second-order valence-electron chi connectivity index (χ2n) is 43.6. The van der Waals surface area contributed by atoms with Crippen LogP contribution < -0.4 is 32.3 Å². The van der Waals surface area contributed by atoms with Gasteiger partial charge in [-0.1, -0.05) is 187 Å². The fourth-order valence-corrected chi connectivity index (χ4v) is 20.7. The number of aliphatic hydroxyl groups is 1. The molecule has 149 heavy (non-hydrogen) atoms. The number of ether oxygens (including phenoxy) is 3. The highest BCUT2D eigenvalue weighted by atomic mass is 79.9. The molecule has 7 amide bonds. The zero-order valence-electron chi connectivity index (χ0n) is 91.3. The van der Waals surface area contributed by atoms with Crippen molar-refractivity contribution in [2.75, 3.05) is 156 Å². The van der Waals surface area contributed by atoms with Crippen molar-refractivity contribution in [3.8, 4) is 0 Å². The van der Waals surface area contributed by atoms with Crippen LogP contribution in [0.15, 0.2) is 195 Å². The SMILES string of the molecule is CC(C)(C)[Si](C)(C)OCCBr.CC(C)(C)[Si](C)(C)OCCN(CCc1c[nH]c2ccccc12)C(=O)N1CCC(CCNC(=O)COCc2ccc(F)cc2)CC1.CC(C)(C)[Si](C)(C)OCCNCCc1c[nH]c2ccccc12.NCCc1c[nH]c2ccccc12.O=C(COCc1ccc(F)cc1)NCCC1CCN(C(=O)N(CCO)CCc2c[nH]c3ccccc23)CC1.O=C(COCc1ccc(F)cc1)NCCC1CCNCC1. The number of piperidine rings is 3. The van der Waals surface area contributed by atoms with Crippen LogP contribution in [0.3, 0.4) is 0 Å². The van der Waals surface area contributed by atoms with Gasteiger partial charge in [0, 0.05) is 165 Å². The minimum atomic E-state index is -1.92. The van der Waals surface area contributed by atoms with E-state index in [-0.39, 0.29) is 97.0 Å². The molecule has 7 heterocycles. The predicted molar refractivity (Wildman–Crippen MR) is 609 cm³/mol. The van der Waals surface area contributed by atoms with Crippen LogP contribution in [0.25, 0.3) is 43.6 Å². The molecule has 26 nitrogen and oxygen atoms in total. The third-order valence-corrected chi connectivity index (χ3v) is 43.5. The Labute approximate surface area is 895 Å². The summed E-state index contributed by atoms with van der Waals surface area (Å²) in [6.07, 6.45) is 20.5. The van der Waals surface area contributed by atoms with Gasteiger partial charge in [-0.2, -0.15) is 0 Å². The number of aromatic nitrogens is 4. The van der Waals surface area contributed by atoms with E-state index in [4.69, 9.17) is 33.2 Å². The van der Waals surface area contributed by atoms with E-state index in [1.165, 1.54) is 93.1 Å². The minimum absolute atomic E-state index is 0.0241. The zero-order chi connectivity index (χ0) is 108. The second kappa shape index (κ2) is 63.0. The standard InChI is InChI=1S/C35H51FN4O4Si.C29H37FN4O4.C18H30N2OSi.C16H23FN2O2.C10H12N2.C8H19BrOSi/c1-35(2,3)45(4,5)44-23-22-40(21-17-29-24-38-32-9-7-6-8-31(29)32)34(42)39-19-15-27(16-20-39)14-18-37-33(41)26-43-25-28-10-12-30(36)13-11-28;30-25-7-5-23(6-8-25)20-38-21-28(36)31-13-9-22-10-14-33(15-11-22)29(37)34(17-18-35)16-12-24-19-32-27-4-2-1-3-26(24)27;1-18(2,3)22(4,5)21-13-12-19-11-10-15-14-20-17-9-7-6-8-16(15)17;17-15-3-1-14(2-4-15)11-21-12-16(20)19-10-7-13-5-8-18-9-6-13;11-6-5-8-7-12-10-4-2-1-3-9(8)10;1-8(2,3)11(4,5)10-7-6-9/h6-13,24,27,38H,14-23,25-26H2,1-5H3,(H,37,41);1-8,19,22,32,35H,9-18,20-21H2,(H,31,36);6-9,14,19-20H,10-13H2,1-5H3;1-4,13,18H,5-12H2,(H,19,20);1-4,7,12H,5-6,11H2;6-7H2,1-5H3. The molecule has 0 atom stereocenters. The molecule has 4 aromatic heterocycles. The van der Waals surface area contributed by atoms with E-state index in [1.54, 1.807) is 41.3 Å². The zero-order valence-corrected chi connectivity index (χ0v) is 95.9. The summed E-state index contributed by atoms with van der Waals surface area (Å²) < 4.78 is 73.4. The van der Waals surface area contributed by atoms with E-state index < -0.39 is 25.0 Å². The van der Waals surface area contributed by atoms with Gasteiger partial charge >= 0.3 is 12.1 Å². The lowest BCUT2D eigenvalue weighted by atomic mass is 9.93. The van der Waals surface area contributed by atoms with E-state index in [2.05, 4.69) is 243 Å². The number of halogens is 4. The highest BCUT2D eigenvalue weighted by Crippen LogP contribution is 2.39. The number of aliphatic hydroxyl groups excluding tert-OH is 1. The maximum Gasteiger partial charge on any atom is 0.320 e. The summed E-state index contributed by atoms with van der Waals surface area (Å²) in [6, 6.07) is 51.4. The van der Waals surface area contributed by atoms with Crippen LogP contribution in [0, 0.1) is 35.2 Å². The summed E-state index contributed by atoms with van der Waals surface area (Å²) in [5.41, 5.74) is 17.7. The lowest BCUT2D eigenvalue weighted by Crippen LogP contribution is -2.49. The molecule has 0 aliphatic carbocycles. The van der Waals surface area contributed by atoms with E-state index in [1.807, 2.05) is 57.4 Å². The Bertz CT molecular complexity index is 5730. The normalized spacial score (nSPS) is 14.0. The molecule has 3 saturated heterocycles. The lowest BCUT2D eigenvalue weighted by molar-refractivity contribution is -0.126. The van der Waals surface area contributed by atoms with E-state index >= 15 is 0 Å². The number of H-pyrrole nitrogens is 4. The fraction of sp³-hybridized carbons (Fsp3) is 0.526. The Hall–Kier alpha value is -9.83. The molecule has 11 aromatic rings. The molecule has 3 fully saturated rings.